The number of allylic oxidation sites excluding steroid dienone is 2. The van der Waals surface area contributed by atoms with E-state index in [4.69, 9.17) is 4.74 Å². The van der Waals surface area contributed by atoms with Crippen molar-refractivity contribution in [1.82, 2.24) is 0 Å². The standard InChI is InChI=1S/C13H13FO3/c1-8(15)12(9(2)17-3)13(16)10-4-6-11(14)7-5-10/h4-7H,1-3H3/b12-9+. The van der Waals surface area contributed by atoms with Crippen molar-refractivity contribution in [2.45, 2.75) is 13.8 Å². The van der Waals surface area contributed by atoms with Gasteiger partial charge in [-0.05, 0) is 38.1 Å². The van der Waals surface area contributed by atoms with Gasteiger partial charge in [0.15, 0.2) is 11.6 Å². The zero-order chi connectivity index (χ0) is 13.0. The normalized spacial score (nSPS) is 11.8. The Labute approximate surface area is 98.9 Å². The molecule has 1 aromatic rings. The van der Waals surface area contributed by atoms with Crippen LogP contribution in [0.1, 0.15) is 24.2 Å². The maximum atomic E-state index is 12.7. The van der Waals surface area contributed by atoms with Crippen LogP contribution < -0.4 is 0 Å². The van der Waals surface area contributed by atoms with Gasteiger partial charge in [-0.25, -0.2) is 4.39 Å². The minimum Gasteiger partial charge on any atom is -0.500 e. The lowest BCUT2D eigenvalue weighted by atomic mass is 9.99. The molecule has 0 spiro atoms. The van der Waals surface area contributed by atoms with Crippen LogP contribution in [0.4, 0.5) is 4.39 Å². The Morgan fingerprint density at radius 1 is 1.12 bits per heavy atom. The van der Waals surface area contributed by atoms with Crippen LogP contribution in [0.15, 0.2) is 35.6 Å². The molecule has 0 saturated heterocycles. The molecule has 17 heavy (non-hydrogen) atoms. The number of carbonyl (C=O) groups excluding carboxylic acids is 2. The Morgan fingerprint density at radius 2 is 1.65 bits per heavy atom. The zero-order valence-electron chi connectivity index (χ0n) is 9.91. The molecule has 0 amide bonds. The van der Waals surface area contributed by atoms with Crippen LogP contribution in [0, 0.1) is 5.82 Å². The van der Waals surface area contributed by atoms with Crippen molar-refractivity contribution < 1.29 is 18.7 Å². The van der Waals surface area contributed by atoms with Gasteiger partial charge in [-0.1, -0.05) is 0 Å². The van der Waals surface area contributed by atoms with E-state index in [1.54, 1.807) is 0 Å². The highest BCUT2D eigenvalue weighted by Crippen LogP contribution is 2.14. The molecule has 0 fully saturated rings. The summed E-state index contributed by atoms with van der Waals surface area (Å²) >= 11 is 0. The number of rotatable bonds is 4. The number of ketones is 2. The third-order valence-electron chi connectivity index (χ3n) is 2.34. The fraction of sp³-hybridized carbons (Fsp3) is 0.231. The summed E-state index contributed by atoms with van der Waals surface area (Å²) in [6.07, 6.45) is 0. The molecule has 0 heterocycles. The number of benzene rings is 1. The van der Waals surface area contributed by atoms with Crippen LogP contribution in [-0.4, -0.2) is 18.7 Å². The molecule has 0 aliphatic carbocycles. The SMILES string of the molecule is CO/C(C)=C(\C(C)=O)C(=O)c1ccc(F)cc1. The molecule has 0 N–H and O–H groups in total. The van der Waals surface area contributed by atoms with Crippen molar-refractivity contribution in [2.24, 2.45) is 0 Å². The van der Waals surface area contributed by atoms with Gasteiger partial charge in [-0.3, -0.25) is 9.59 Å². The molecule has 0 aliphatic rings. The van der Waals surface area contributed by atoms with Crippen molar-refractivity contribution in [3.05, 3.63) is 47.0 Å². The predicted octanol–water partition coefficient (Wildman–Crippen LogP) is 2.52. The molecule has 0 radical (unpaired) electrons. The number of hydrogen-bond acceptors (Lipinski definition) is 3. The second kappa shape index (κ2) is 5.39. The summed E-state index contributed by atoms with van der Waals surface area (Å²) in [5.41, 5.74) is 0.243. The number of ether oxygens (including phenoxy) is 1. The van der Waals surface area contributed by atoms with Crippen LogP contribution in [0.2, 0.25) is 0 Å². The van der Waals surface area contributed by atoms with Gasteiger partial charge in [-0.2, -0.15) is 0 Å². The van der Waals surface area contributed by atoms with Crippen molar-refractivity contribution >= 4 is 11.6 Å². The molecule has 0 aliphatic heterocycles. The maximum Gasteiger partial charge on any atom is 0.199 e. The molecule has 1 aromatic carbocycles. The van der Waals surface area contributed by atoms with Crippen LogP contribution in [0.3, 0.4) is 0 Å². The monoisotopic (exact) mass is 236 g/mol. The minimum absolute atomic E-state index is 0.0147. The first-order chi connectivity index (χ1) is 7.97. The summed E-state index contributed by atoms with van der Waals surface area (Å²) in [7, 11) is 1.39. The predicted molar refractivity (Wildman–Crippen MR) is 61.1 cm³/mol. The van der Waals surface area contributed by atoms with Crippen molar-refractivity contribution in [3.8, 4) is 0 Å². The zero-order valence-corrected chi connectivity index (χ0v) is 9.91. The number of methoxy groups -OCH3 is 1. The van der Waals surface area contributed by atoms with Crippen LogP contribution in [0.5, 0.6) is 0 Å². The first-order valence-electron chi connectivity index (χ1n) is 5.03. The van der Waals surface area contributed by atoms with E-state index in [0.29, 0.717) is 0 Å². The molecule has 0 unspecified atom stereocenters. The first kappa shape index (κ1) is 13.1. The molecule has 90 valence electrons. The van der Waals surface area contributed by atoms with Gasteiger partial charge >= 0.3 is 0 Å². The third kappa shape index (κ3) is 3.00. The Bertz CT molecular complexity index is 472. The largest absolute Gasteiger partial charge is 0.500 e. The number of carbonyl (C=O) groups is 2. The molecular weight excluding hydrogens is 223 g/mol. The summed E-state index contributed by atoms with van der Waals surface area (Å²) in [6.45, 7) is 2.83. The lowest BCUT2D eigenvalue weighted by Crippen LogP contribution is -2.13. The van der Waals surface area contributed by atoms with Crippen molar-refractivity contribution in [2.75, 3.05) is 7.11 Å². The highest BCUT2D eigenvalue weighted by molar-refractivity contribution is 6.25. The fourth-order valence-corrected chi connectivity index (χ4v) is 1.42. The molecule has 4 heteroatoms. The van der Waals surface area contributed by atoms with E-state index in [0.717, 1.165) is 0 Å². The number of hydrogen-bond donors (Lipinski definition) is 0. The third-order valence-corrected chi connectivity index (χ3v) is 2.34. The van der Waals surface area contributed by atoms with E-state index in [9.17, 15) is 14.0 Å². The lowest BCUT2D eigenvalue weighted by molar-refractivity contribution is -0.113. The average molecular weight is 236 g/mol. The summed E-state index contributed by atoms with van der Waals surface area (Å²) in [5.74, 6) is -1.01. The second-order valence-corrected chi connectivity index (χ2v) is 3.53. The second-order valence-electron chi connectivity index (χ2n) is 3.53. The fourth-order valence-electron chi connectivity index (χ4n) is 1.42. The highest BCUT2D eigenvalue weighted by atomic mass is 19.1. The molecular formula is C13H13FO3. The van der Waals surface area contributed by atoms with Crippen LogP contribution in [0.25, 0.3) is 0 Å². The minimum atomic E-state index is -0.461. The van der Waals surface area contributed by atoms with Crippen molar-refractivity contribution in [3.63, 3.8) is 0 Å². The summed E-state index contributed by atoms with van der Waals surface area (Å²) in [4.78, 5) is 23.4. The van der Waals surface area contributed by atoms with Gasteiger partial charge in [0.25, 0.3) is 0 Å². The Morgan fingerprint density at radius 3 is 2.06 bits per heavy atom. The first-order valence-corrected chi connectivity index (χ1v) is 5.03. The molecule has 1 rings (SSSR count). The van der Waals surface area contributed by atoms with E-state index in [-0.39, 0.29) is 22.7 Å². The Kier molecular flexibility index (Phi) is 4.15. The summed E-state index contributed by atoms with van der Waals surface area (Å²) in [5, 5.41) is 0. The summed E-state index contributed by atoms with van der Waals surface area (Å²) < 4.78 is 17.6. The number of halogens is 1. The van der Waals surface area contributed by atoms with Gasteiger partial charge in [0.2, 0.25) is 0 Å². The molecule has 0 aromatic heterocycles. The highest BCUT2D eigenvalue weighted by Gasteiger charge is 2.20. The van der Waals surface area contributed by atoms with Gasteiger partial charge in [0, 0.05) is 5.56 Å². The lowest BCUT2D eigenvalue weighted by Gasteiger charge is -2.07. The Balaban J connectivity index is 3.18. The van der Waals surface area contributed by atoms with Gasteiger partial charge in [-0.15, -0.1) is 0 Å². The van der Waals surface area contributed by atoms with Gasteiger partial charge in [0.05, 0.1) is 7.11 Å². The van der Waals surface area contributed by atoms with E-state index in [2.05, 4.69) is 0 Å². The van der Waals surface area contributed by atoms with E-state index < -0.39 is 11.6 Å². The molecule has 0 saturated carbocycles. The number of Topliss-reactive ketones (excluding diaryl/α,β-unsaturated/α-hetero) is 2. The average Bonchev–Trinajstić information content (AvgIpc) is 2.29. The molecule has 0 bridgehead atoms. The van der Waals surface area contributed by atoms with Crippen molar-refractivity contribution in [1.29, 1.82) is 0 Å². The van der Waals surface area contributed by atoms with Crippen LogP contribution in [-0.2, 0) is 9.53 Å². The van der Waals surface area contributed by atoms with E-state index >= 15 is 0 Å². The molecule has 0 atom stereocenters. The van der Waals surface area contributed by atoms with Gasteiger partial charge in [0.1, 0.15) is 17.1 Å². The van der Waals surface area contributed by atoms with E-state index in [1.165, 1.54) is 45.2 Å². The Hall–Kier alpha value is -1.97. The molecule has 3 nitrogen and oxygen atoms in total. The maximum absolute atomic E-state index is 12.7. The summed E-state index contributed by atoms with van der Waals surface area (Å²) in [6, 6.07) is 5.02. The van der Waals surface area contributed by atoms with Gasteiger partial charge < -0.3 is 4.74 Å². The topological polar surface area (TPSA) is 43.4 Å². The van der Waals surface area contributed by atoms with Crippen LogP contribution >= 0.6 is 0 Å². The van der Waals surface area contributed by atoms with E-state index in [1.807, 2.05) is 0 Å². The quantitative estimate of drug-likeness (QED) is 0.265. The smallest absolute Gasteiger partial charge is 0.199 e.